The van der Waals surface area contributed by atoms with Crippen LogP contribution in [0.1, 0.15) is 61.4 Å². The second-order valence-electron chi connectivity index (χ2n) is 8.78. The number of benzene rings is 2. The molecule has 8 heteroatoms. The number of sulfonamides is 1. The highest BCUT2D eigenvalue weighted by Gasteiger charge is 2.29. The van der Waals surface area contributed by atoms with Crippen molar-refractivity contribution in [2.45, 2.75) is 62.8 Å². The Morgan fingerprint density at radius 1 is 1.06 bits per heavy atom. The zero-order valence-corrected chi connectivity index (χ0v) is 20.0. The minimum Gasteiger partial charge on any atom is -0.322 e. The summed E-state index contributed by atoms with van der Waals surface area (Å²) in [7, 11) is -1.91. The largest absolute Gasteiger partial charge is 0.322 e. The van der Waals surface area contributed by atoms with Crippen LogP contribution in [-0.4, -0.2) is 44.2 Å². The maximum absolute atomic E-state index is 13.0. The van der Waals surface area contributed by atoms with Gasteiger partial charge in [-0.05, 0) is 67.3 Å². The van der Waals surface area contributed by atoms with E-state index in [4.69, 9.17) is 0 Å². The molecule has 0 saturated heterocycles. The number of hydrogen-bond donors (Lipinski definition) is 1. The van der Waals surface area contributed by atoms with Gasteiger partial charge >= 0.3 is 0 Å². The summed E-state index contributed by atoms with van der Waals surface area (Å²) in [4.78, 5) is 26.8. The maximum Gasteiger partial charge on any atom is 0.255 e. The standard InChI is InChI=1S/C25H31N3O4S/c1-3-24(29)28-16-15-18-17-19(9-14-23(18)28)25(30)26-20-10-12-22(13-11-20)33(31,32)27(2)21-7-5-4-6-8-21/h9-14,17,21H,3-8,15-16H2,1-2H3,(H,26,30). The van der Waals surface area contributed by atoms with Crippen molar-refractivity contribution in [3.8, 4) is 0 Å². The van der Waals surface area contributed by atoms with Crippen molar-refractivity contribution in [2.75, 3.05) is 23.8 Å². The summed E-state index contributed by atoms with van der Waals surface area (Å²) in [5, 5.41) is 2.84. The lowest BCUT2D eigenvalue weighted by Crippen LogP contribution is -2.38. The lowest BCUT2D eigenvalue weighted by atomic mass is 9.96. The lowest BCUT2D eigenvalue weighted by Gasteiger charge is -2.30. The van der Waals surface area contributed by atoms with Crippen LogP contribution in [0.15, 0.2) is 47.4 Å². The topological polar surface area (TPSA) is 86.8 Å². The number of hydrogen-bond acceptors (Lipinski definition) is 4. The van der Waals surface area contributed by atoms with Crippen LogP contribution in [0.5, 0.6) is 0 Å². The van der Waals surface area contributed by atoms with E-state index in [2.05, 4.69) is 5.32 Å². The zero-order chi connectivity index (χ0) is 23.6. The van der Waals surface area contributed by atoms with Crippen LogP contribution in [0.25, 0.3) is 0 Å². The van der Waals surface area contributed by atoms with Crippen LogP contribution in [-0.2, 0) is 21.2 Å². The molecule has 1 aliphatic heterocycles. The summed E-state index contributed by atoms with van der Waals surface area (Å²) >= 11 is 0. The van der Waals surface area contributed by atoms with Crippen LogP contribution in [0.3, 0.4) is 0 Å². The first-order valence-electron chi connectivity index (χ1n) is 11.6. The van der Waals surface area contributed by atoms with Crippen molar-refractivity contribution in [3.63, 3.8) is 0 Å². The molecule has 4 rings (SSSR count). The number of amides is 2. The van der Waals surface area contributed by atoms with Crippen molar-refractivity contribution in [1.82, 2.24) is 4.31 Å². The third-order valence-corrected chi connectivity index (χ3v) is 8.64. The van der Waals surface area contributed by atoms with Gasteiger partial charge in [-0.1, -0.05) is 26.2 Å². The molecule has 2 aromatic carbocycles. The van der Waals surface area contributed by atoms with E-state index in [0.29, 0.717) is 24.2 Å². The lowest BCUT2D eigenvalue weighted by molar-refractivity contribution is -0.118. The fourth-order valence-corrected chi connectivity index (χ4v) is 6.13. The van der Waals surface area contributed by atoms with E-state index in [1.807, 2.05) is 19.1 Å². The van der Waals surface area contributed by atoms with Gasteiger partial charge in [0.25, 0.3) is 5.91 Å². The van der Waals surface area contributed by atoms with Gasteiger partial charge in [0.15, 0.2) is 0 Å². The SMILES string of the molecule is CCC(=O)N1CCc2cc(C(=O)Nc3ccc(S(=O)(=O)N(C)C4CCCCC4)cc3)ccc21. The second-order valence-corrected chi connectivity index (χ2v) is 10.8. The van der Waals surface area contributed by atoms with E-state index in [1.54, 1.807) is 42.3 Å². The second kappa shape index (κ2) is 9.65. The van der Waals surface area contributed by atoms with Crippen LogP contribution >= 0.6 is 0 Å². The van der Waals surface area contributed by atoms with Crippen LogP contribution in [0.4, 0.5) is 11.4 Å². The molecule has 1 N–H and O–H groups in total. The molecule has 7 nitrogen and oxygen atoms in total. The van der Waals surface area contributed by atoms with Gasteiger partial charge in [-0.25, -0.2) is 8.42 Å². The molecule has 0 spiro atoms. The average Bonchev–Trinajstić information content (AvgIpc) is 3.27. The smallest absolute Gasteiger partial charge is 0.255 e. The summed E-state index contributed by atoms with van der Waals surface area (Å²) in [6, 6.07) is 11.7. The number of carbonyl (C=O) groups excluding carboxylic acids is 2. The Labute approximate surface area is 195 Å². The number of rotatable bonds is 6. The third kappa shape index (κ3) is 4.82. The van der Waals surface area contributed by atoms with Gasteiger partial charge in [-0.3, -0.25) is 9.59 Å². The fourth-order valence-electron chi connectivity index (χ4n) is 4.71. The molecule has 0 aromatic heterocycles. The van der Waals surface area contributed by atoms with Gasteiger partial charge in [0.1, 0.15) is 0 Å². The first-order chi connectivity index (χ1) is 15.8. The highest BCUT2D eigenvalue weighted by molar-refractivity contribution is 7.89. The van der Waals surface area contributed by atoms with Gasteiger partial charge in [0.05, 0.1) is 4.90 Å². The van der Waals surface area contributed by atoms with E-state index < -0.39 is 10.0 Å². The summed E-state index contributed by atoms with van der Waals surface area (Å²) in [6.07, 6.45) is 6.26. The molecule has 1 fully saturated rings. The van der Waals surface area contributed by atoms with Crippen molar-refractivity contribution >= 4 is 33.2 Å². The molecule has 2 aliphatic rings. The monoisotopic (exact) mass is 469 g/mol. The number of anilines is 2. The summed E-state index contributed by atoms with van der Waals surface area (Å²) in [6.45, 7) is 2.48. The van der Waals surface area contributed by atoms with Crippen LogP contribution in [0.2, 0.25) is 0 Å². The minimum absolute atomic E-state index is 0.0477. The molecule has 0 unspecified atom stereocenters. The molecule has 1 aliphatic carbocycles. The highest BCUT2D eigenvalue weighted by atomic mass is 32.2. The van der Waals surface area contributed by atoms with Gasteiger partial charge in [0.2, 0.25) is 15.9 Å². The quantitative estimate of drug-likeness (QED) is 0.687. The molecule has 2 aromatic rings. The summed E-state index contributed by atoms with van der Waals surface area (Å²) in [5.74, 6) is -0.192. The molecule has 0 radical (unpaired) electrons. The van der Waals surface area contributed by atoms with Crippen molar-refractivity contribution in [3.05, 3.63) is 53.6 Å². The molecular formula is C25H31N3O4S. The first kappa shape index (κ1) is 23.4. The van der Waals surface area contributed by atoms with E-state index in [-0.39, 0.29) is 22.8 Å². The summed E-state index contributed by atoms with van der Waals surface area (Å²) < 4.78 is 27.5. The Kier molecular flexibility index (Phi) is 6.86. The number of nitrogens with zero attached hydrogens (tertiary/aromatic N) is 2. The molecular weight excluding hydrogens is 438 g/mol. The zero-order valence-electron chi connectivity index (χ0n) is 19.2. The molecule has 1 saturated carbocycles. The Hall–Kier alpha value is -2.71. The van der Waals surface area contributed by atoms with Gasteiger partial charge in [0, 0.05) is 43.0 Å². The van der Waals surface area contributed by atoms with E-state index >= 15 is 0 Å². The van der Waals surface area contributed by atoms with Crippen LogP contribution < -0.4 is 10.2 Å². The average molecular weight is 470 g/mol. The molecule has 0 bridgehead atoms. The normalized spacial score (nSPS) is 16.6. The molecule has 176 valence electrons. The maximum atomic E-state index is 13.0. The van der Waals surface area contributed by atoms with Crippen molar-refractivity contribution in [1.29, 1.82) is 0 Å². The molecule has 2 amide bonds. The molecule has 1 heterocycles. The predicted octanol–water partition coefficient (Wildman–Crippen LogP) is 4.19. The molecule has 33 heavy (non-hydrogen) atoms. The predicted molar refractivity (Wildman–Crippen MR) is 129 cm³/mol. The Morgan fingerprint density at radius 3 is 2.42 bits per heavy atom. The van der Waals surface area contributed by atoms with Crippen molar-refractivity contribution in [2.24, 2.45) is 0 Å². The van der Waals surface area contributed by atoms with E-state index in [9.17, 15) is 18.0 Å². The summed E-state index contributed by atoms with van der Waals surface area (Å²) in [5.41, 5.74) is 2.89. The fraction of sp³-hybridized carbons (Fsp3) is 0.440. The highest BCUT2D eigenvalue weighted by Crippen LogP contribution is 2.30. The number of nitrogens with one attached hydrogen (secondary N) is 1. The molecule has 0 atom stereocenters. The third-order valence-electron chi connectivity index (χ3n) is 6.72. The van der Waals surface area contributed by atoms with Gasteiger partial charge < -0.3 is 10.2 Å². The Morgan fingerprint density at radius 2 is 1.76 bits per heavy atom. The van der Waals surface area contributed by atoms with E-state index in [1.165, 1.54) is 4.31 Å². The Balaban J connectivity index is 1.44. The Bertz CT molecular complexity index is 1140. The van der Waals surface area contributed by atoms with Crippen molar-refractivity contribution < 1.29 is 18.0 Å². The first-order valence-corrected chi connectivity index (χ1v) is 13.1. The minimum atomic E-state index is -3.57. The number of carbonyl (C=O) groups is 2. The van der Waals surface area contributed by atoms with Gasteiger partial charge in [-0.15, -0.1) is 0 Å². The van der Waals surface area contributed by atoms with E-state index in [0.717, 1.165) is 49.8 Å². The van der Waals surface area contributed by atoms with Gasteiger partial charge in [-0.2, -0.15) is 4.31 Å². The van der Waals surface area contributed by atoms with Crippen LogP contribution in [0, 0.1) is 0 Å². The number of fused-ring (bicyclic) bond motifs is 1.